The first kappa shape index (κ1) is 21.1. The van der Waals surface area contributed by atoms with E-state index >= 15 is 0 Å². The highest BCUT2D eigenvalue weighted by Gasteiger charge is 2.22. The van der Waals surface area contributed by atoms with Gasteiger partial charge in [0.1, 0.15) is 16.8 Å². The molecule has 1 unspecified atom stereocenters. The average molecular weight is 444 g/mol. The van der Waals surface area contributed by atoms with Gasteiger partial charge in [0.15, 0.2) is 0 Å². The Labute approximate surface area is 190 Å². The summed E-state index contributed by atoms with van der Waals surface area (Å²) in [6, 6.07) is 14.8. The summed E-state index contributed by atoms with van der Waals surface area (Å²) in [6.45, 7) is 3.26. The lowest BCUT2D eigenvalue weighted by atomic mass is 10.1. The maximum Gasteiger partial charge on any atom is 0.267 e. The van der Waals surface area contributed by atoms with Gasteiger partial charge >= 0.3 is 0 Å². The topological polar surface area (TPSA) is 101 Å². The quantitative estimate of drug-likeness (QED) is 0.463. The molecular formula is C25H25N5O3. The van der Waals surface area contributed by atoms with Crippen LogP contribution in [-0.4, -0.2) is 32.6 Å². The molecule has 3 aromatic heterocycles. The van der Waals surface area contributed by atoms with Crippen molar-refractivity contribution in [1.82, 2.24) is 19.3 Å². The molecule has 0 saturated carbocycles. The molecule has 5 rings (SSSR count). The number of aryl methyl sites for hydroxylation is 1. The standard InChI is InChI=1S/C25H25N5O3/c1-16-7-5-11-29-22(16)28-23-20(25(29)32)13-19(21(26)30(23)15-18-10-6-12-33-18)24(31)27-14-17-8-3-2-4-9-17/h2-5,7-9,11,13,18,26H,6,10,12,14-15H2,1H3,(H,27,31). The van der Waals surface area contributed by atoms with Gasteiger partial charge in [-0.05, 0) is 43.0 Å². The minimum Gasteiger partial charge on any atom is -0.376 e. The second-order valence-electron chi connectivity index (χ2n) is 8.36. The second kappa shape index (κ2) is 8.63. The number of amides is 1. The zero-order valence-electron chi connectivity index (χ0n) is 18.4. The number of rotatable bonds is 5. The van der Waals surface area contributed by atoms with Gasteiger partial charge in [0, 0.05) is 19.3 Å². The molecule has 4 aromatic rings. The number of nitrogens with one attached hydrogen (secondary N) is 2. The van der Waals surface area contributed by atoms with Crippen LogP contribution in [-0.2, 0) is 17.8 Å². The summed E-state index contributed by atoms with van der Waals surface area (Å²) in [7, 11) is 0. The number of nitrogens with zero attached hydrogens (tertiary/aromatic N) is 3. The first-order chi connectivity index (χ1) is 16.0. The van der Waals surface area contributed by atoms with E-state index in [4.69, 9.17) is 15.1 Å². The molecule has 2 N–H and O–H groups in total. The summed E-state index contributed by atoms with van der Waals surface area (Å²) < 4.78 is 8.93. The van der Waals surface area contributed by atoms with Crippen molar-refractivity contribution in [1.29, 1.82) is 5.41 Å². The second-order valence-corrected chi connectivity index (χ2v) is 8.36. The number of pyridine rings is 2. The number of ether oxygens (including phenoxy) is 1. The van der Waals surface area contributed by atoms with E-state index in [1.165, 1.54) is 10.5 Å². The predicted molar refractivity (Wildman–Crippen MR) is 124 cm³/mol. The number of carbonyl (C=O) groups is 1. The van der Waals surface area contributed by atoms with Gasteiger partial charge in [0.25, 0.3) is 11.5 Å². The molecule has 1 aliphatic rings. The van der Waals surface area contributed by atoms with E-state index in [2.05, 4.69) is 5.32 Å². The van der Waals surface area contributed by atoms with Gasteiger partial charge in [-0.3, -0.25) is 19.4 Å². The normalized spacial score (nSPS) is 15.8. The van der Waals surface area contributed by atoms with Crippen LogP contribution in [0, 0.1) is 12.3 Å². The molecule has 1 amide bonds. The van der Waals surface area contributed by atoms with Crippen LogP contribution < -0.4 is 16.4 Å². The van der Waals surface area contributed by atoms with Gasteiger partial charge in [-0.15, -0.1) is 0 Å². The highest BCUT2D eigenvalue weighted by atomic mass is 16.5. The van der Waals surface area contributed by atoms with E-state index in [1.807, 2.05) is 43.3 Å². The average Bonchev–Trinajstić information content (AvgIpc) is 3.34. The molecule has 0 radical (unpaired) electrons. The van der Waals surface area contributed by atoms with Crippen LogP contribution in [0.3, 0.4) is 0 Å². The molecular weight excluding hydrogens is 418 g/mol. The summed E-state index contributed by atoms with van der Waals surface area (Å²) in [4.78, 5) is 31.2. The minimum atomic E-state index is -0.402. The molecule has 0 bridgehead atoms. The van der Waals surface area contributed by atoms with Crippen molar-refractivity contribution in [3.05, 3.63) is 87.3 Å². The van der Waals surface area contributed by atoms with Crippen molar-refractivity contribution in [2.45, 2.75) is 39.0 Å². The Bertz CT molecular complexity index is 1470. The van der Waals surface area contributed by atoms with Gasteiger partial charge in [0.2, 0.25) is 0 Å². The van der Waals surface area contributed by atoms with Crippen LogP contribution in [0.5, 0.6) is 0 Å². The first-order valence-corrected chi connectivity index (χ1v) is 11.1. The van der Waals surface area contributed by atoms with Gasteiger partial charge in [-0.2, -0.15) is 0 Å². The SMILES string of the molecule is Cc1cccn2c(=O)c3cc(C(=O)NCc4ccccc4)c(=N)n(CC4CCCO4)c3nc12. The van der Waals surface area contributed by atoms with Gasteiger partial charge < -0.3 is 14.6 Å². The number of benzene rings is 1. The molecule has 8 heteroatoms. The van der Waals surface area contributed by atoms with Crippen LogP contribution in [0.4, 0.5) is 0 Å². The molecule has 1 saturated heterocycles. The predicted octanol–water partition coefficient (Wildman–Crippen LogP) is 2.55. The molecule has 0 aliphatic carbocycles. The Balaban J connectivity index is 1.66. The van der Waals surface area contributed by atoms with Crippen molar-refractivity contribution in [3.8, 4) is 0 Å². The van der Waals surface area contributed by atoms with Crippen molar-refractivity contribution >= 4 is 22.6 Å². The van der Waals surface area contributed by atoms with Crippen LogP contribution >= 0.6 is 0 Å². The van der Waals surface area contributed by atoms with Crippen molar-refractivity contribution in [2.75, 3.05) is 6.61 Å². The van der Waals surface area contributed by atoms with Crippen molar-refractivity contribution < 1.29 is 9.53 Å². The summed E-state index contributed by atoms with van der Waals surface area (Å²) >= 11 is 0. The third-order valence-electron chi connectivity index (χ3n) is 6.08. The molecule has 1 aliphatic heterocycles. The monoisotopic (exact) mass is 443 g/mol. The molecule has 168 valence electrons. The van der Waals surface area contributed by atoms with Crippen molar-refractivity contribution in [3.63, 3.8) is 0 Å². The van der Waals surface area contributed by atoms with Crippen LogP contribution in [0.15, 0.2) is 59.5 Å². The lowest BCUT2D eigenvalue weighted by Crippen LogP contribution is -2.36. The number of fused-ring (bicyclic) bond motifs is 2. The maximum atomic E-state index is 13.4. The lowest BCUT2D eigenvalue weighted by Gasteiger charge is -2.18. The Morgan fingerprint density at radius 1 is 1.21 bits per heavy atom. The first-order valence-electron chi connectivity index (χ1n) is 11.1. The Morgan fingerprint density at radius 3 is 2.79 bits per heavy atom. The van der Waals surface area contributed by atoms with Crippen LogP contribution in [0.1, 0.15) is 34.3 Å². The molecule has 0 spiro atoms. The van der Waals surface area contributed by atoms with E-state index in [9.17, 15) is 9.59 Å². The van der Waals surface area contributed by atoms with E-state index in [0.29, 0.717) is 36.4 Å². The lowest BCUT2D eigenvalue weighted by molar-refractivity contribution is 0.0931. The highest BCUT2D eigenvalue weighted by molar-refractivity contribution is 5.96. The van der Waals surface area contributed by atoms with Gasteiger partial charge in [-0.1, -0.05) is 36.4 Å². The number of hydrogen-bond donors (Lipinski definition) is 2. The van der Waals surface area contributed by atoms with E-state index in [-0.39, 0.29) is 22.7 Å². The fourth-order valence-corrected chi connectivity index (χ4v) is 4.31. The smallest absolute Gasteiger partial charge is 0.267 e. The molecule has 8 nitrogen and oxygen atoms in total. The number of aromatic nitrogens is 3. The molecule has 1 atom stereocenters. The van der Waals surface area contributed by atoms with Gasteiger partial charge in [0.05, 0.1) is 23.6 Å². The van der Waals surface area contributed by atoms with Crippen LogP contribution in [0.25, 0.3) is 16.7 Å². The molecule has 1 aromatic carbocycles. The number of hydrogen-bond acceptors (Lipinski definition) is 5. The number of carbonyl (C=O) groups excluding carboxylic acids is 1. The molecule has 4 heterocycles. The zero-order valence-corrected chi connectivity index (χ0v) is 18.4. The Kier molecular flexibility index (Phi) is 5.51. The van der Waals surface area contributed by atoms with E-state index in [0.717, 1.165) is 24.0 Å². The summed E-state index contributed by atoms with van der Waals surface area (Å²) in [5, 5.41) is 12.0. The fraction of sp³-hybridized carbons (Fsp3) is 0.280. The van der Waals surface area contributed by atoms with E-state index < -0.39 is 5.91 Å². The van der Waals surface area contributed by atoms with Crippen molar-refractivity contribution in [2.24, 2.45) is 0 Å². The minimum absolute atomic E-state index is 0.0217. The third kappa shape index (κ3) is 3.93. The maximum absolute atomic E-state index is 13.4. The summed E-state index contributed by atoms with van der Waals surface area (Å²) in [6.07, 6.45) is 3.41. The largest absolute Gasteiger partial charge is 0.376 e. The zero-order chi connectivity index (χ0) is 22.9. The summed E-state index contributed by atoms with van der Waals surface area (Å²) in [5.74, 6) is -0.402. The van der Waals surface area contributed by atoms with E-state index in [1.54, 1.807) is 16.8 Å². The van der Waals surface area contributed by atoms with Gasteiger partial charge in [-0.25, -0.2) is 4.98 Å². The molecule has 1 fully saturated rings. The highest BCUT2D eigenvalue weighted by Crippen LogP contribution is 2.17. The summed E-state index contributed by atoms with van der Waals surface area (Å²) in [5.41, 5.74) is 2.64. The third-order valence-corrected chi connectivity index (χ3v) is 6.08. The molecule has 33 heavy (non-hydrogen) atoms. The van der Waals surface area contributed by atoms with Crippen LogP contribution in [0.2, 0.25) is 0 Å². The Morgan fingerprint density at radius 2 is 2.03 bits per heavy atom. The fourth-order valence-electron chi connectivity index (χ4n) is 4.31. The Hall–Kier alpha value is -3.78.